The molecule has 2 heterocycles. The Morgan fingerprint density at radius 3 is 2.68 bits per heavy atom. The molecule has 6 heteroatoms. The zero-order valence-corrected chi connectivity index (χ0v) is 17.1. The van der Waals surface area contributed by atoms with Gasteiger partial charge < -0.3 is 15.1 Å². The van der Waals surface area contributed by atoms with Crippen LogP contribution in [0.2, 0.25) is 0 Å². The Hall–Kier alpha value is -3.02. The lowest BCUT2D eigenvalue weighted by Gasteiger charge is -2.24. The van der Waals surface area contributed by atoms with Crippen LogP contribution in [0.4, 0.5) is 16.3 Å². The molecule has 148 valence electrons. The van der Waals surface area contributed by atoms with Crippen LogP contribution in [-0.4, -0.2) is 53.7 Å². The average molecular weight is 380 g/mol. The fourth-order valence-electron chi connectivity index (χ4n) is 3.31. The van der Waals surface area contributed by atoms with Crippen LogP contribution < -0.4 is 10.2 Å². The number of hydrogen-bond acceptors (Lipinski definition) is 4. The molecular formula is C22H29N5O. The molecule has 0 unspecified atom stereocenters. The van der Waals surface area contributed by atoms with E-state index < -0.39 is 0 Å². The summed E-state index contributed by atoms with van der Waals surface area (Å²) in [6.45, 7) is 5.72. The summed E-state index contributed by atoms with van der Waals surface area (Å²) >= 11 is 0. The minimum atomic E-state index is -0.0103. The molecule has 1 amide bonds. The Kier molecular flexibility index (Phi) is 6.19. The normalized spacial score (nSPS) is 11.0. The van der Waals surface area contributed by atoms with Gasteiger partial charge in [-0.1, -0.05) is 18.2 Å². The molecule has 3 rings (SSSR count). The van der Waals surface area contributed by atoms with E-state index >= 15 is 0 Å². The zero-order valence-electron chi connectivity index (χ0n) is 17.1. The van der Waals surface area contributed by atoms with Crippen LogP contribution in [0.5, 0.6) is 0 Å². The van der Waals surface area contributed by atoms with Crippen LogP contribution >= 0.6 is 0 Å². The van der Waals surface area contributed by atoms with Crippen LogP contribution in [-0.2, 0) is 0 Å². The molecule has 0 saturated carbocycles. The maximum atomic E-state index is 12.8. The molecular weight excluding hydrogens is 350 g/mol. The van der Waals surface area contributed by atoms with E-state index in [1.165, 1.54) is 0 Å². The van der Waals surface area contributed by atoms with Crippen molar-refractivity contribution in [3.8, 4) is 0 Å². The Morgan fingerprint density at radius 1 is 1.11 bits per heavy atom. The molecule has 6 nitrogen and oxygen atoms in total. The molecule has 28 heavy (non-hydrogen) atoms. The van der Waals surface area contributed by atoms with Crippen molar-refractivity contribution in [2.75, 3.05) is 37.4 Å². The highest BCUT2D eigenvalue weighted by molar-refractivity contribution is 5.91. The van der Waals surface area contributed by atoms with Crippen molar-refractivity contribution in [3.05, 3.63) is 54.9 Å². The first-order valence-electron chi connectivity index (χ1n) is 9.71. The molecule has 0 saturated heterocycles. The number of rotatable bonds is 7. The van der Waals surface area contributed by atoms with Gasteiger partial charge >= 0.3 is 6.03 Å². The average Bonchev–Trinajstić information content (AvgIpc) is 3.11. The number of carbonyl (C=O) groups is 1. The van der Waals surface area contributed by atoms with Gasteiger partial charge in [-0.2, -0.15) is 0 Å². The van der Waals surface area contributed by atoms with E-state index in [0.717, 1.165) is 35.4 Å². The van der Waals surface area contributed by atoms with Gasteiger partial charge in [0.15, 0.2) is 5.82 Å². The number of nitrogens with one attached hydrogen (secondary N) is 1. The standard InChI is InChI=1S/C22H29N5O/c1-17(2)24-19-10-7-13-23-21(19)25(3)14-8-15-26(4)22(28)27-16-12-18-9-5-6-11-20(18)27/h5-7,9-13,16-17,24H,8,14-15H2,1-4H3. The third kappa shape index (κ3) is 4.44. The second kappa shape index (κ2) is 8.78. The van der Waals surface area contributed by atoms with Crippen LogP contribution in [0.15, 0.2) is 54.9 Å². The molecule has 0 aliphatic rings. The number of anilines is 2. The molecule has 0 atom stereocenters. The number of hydrogen-bond donors (Lipinski definition) is 1. The topological polar surface area (TPSA) is 53.4 Å². The van der Waals surface area contributed by atoms with Gasteiger partial charge in [-0.25, -0.2) is 9.78 Å². The van der Waals surface area contributed by atoms with Crippen LogP contribution in [0.25, 0.3) is 10.9 Å². The monoisotopic (exact) mass is 379 g/mol. The van der Waals surface area contributed by atoms with E-state index in [-0.39, 0.29) is 6.03 Å². The Balaban J connectivity index is 1.58. The quantitative estimate of drug-likeness (QED) is 0.666. The number of amides is 1. The minimum absolute atomic E-state index is 0.0103. The maximum absolute atomic E-state index is 12.8. The fourth-order valence-corrected chi connectivity index (χ4v) is 3.31. The molecule has 0 fully saturated rings. The molecule has 0 spiro atoms. The van der Waals surface area contributed by atoms with Crippen molar-refractivity contribution in [1.29, 1.82) is 0 Å². The Bertz CT molecular complexity index is 933. The summed E-state index contributed by atoms with van der Waals surface area (Å²) in [6, 6.07) is 14.2. The predicted octanol–water partition coefficient (Wildman–Crippen LogP) is 4.28. The van der Waals surface area contributed by atoms with E-state index in [0.29, 0.717) is 12.6 Å². The van der Waals surface area contributed by atoms with Gasteiger partial charge in [-0.3, -0.25) is 4.57 Å². The van der Waals surface area contributed by atoms with E-state index in [2.05, 4.69) is 29.0 Å². The highest BCUT2D eigenvalue weighted by atomic mass is 16.2. The lowest BCUT2D eigenvalue weighted by atomic mass is 10.2. The number of benzene rings is 1. The summed E-state index contributed by atoms with van der Waals surface area (Å²) in [5.74, 6) is 0.932. The van der Waals surface area contributed by atoms with Gasteiger partial charge in [-0.05, 0) is 44.5 Å². The number of carbonyl (C=O) groups excluding carboxylic acids is 1. The van der Waals surface area contributed by atoms with Crippen molar-refractivity contribution in [2.45, 2.75) is 26.3 Å². The summed E-state index contributed by atoms with van der Waals surface area (Å²) in [6.07, 6.45) is 4.51. The largest absolute Gasteiger partial charge is 0.380 e. The van der Waals surface area contributed by atoms with E-state index in [1.54, 1.807) is 9.47 Å². The Morgan fingerprint density at radius 2 is 1.89 bits per heavy atom. The number of nitrogens with zero attached hydrogens (tertiary/aromatic N) is 4. The summed E-state index contributed by atoms with van der Waals surface area (Å²) in [4.78, 5) is 21.2. The SMILES string of the molecule is CC(C)Nc1cccnc1N(C)CCCN(C)C(=O)n1ccc2ccccc21. The Labute approximate surface area is 166 Å². The molecule has 0 radical (unpaired) electrons. The maximum Gasteiger partial charge on any atom is 0.328 e. The third-order valence-electron chi connectivity index (χ3n) is 4.71. The summed E-state index contributed by atoms with van der Waals surface area (Å²) in [7, 11) is 3.89. The number of aromatic nitrogens is 2. The molecule has 3 aromatic rings. The summed E-state index contributed by atoms with van der Waals surface area (Å²) < 4.78 is 1.71. The van der Waals surface area contributed by atoms with Crippen molar-refractivity contribution in [2.24, 2.45) is 0 Å². The summed E-state index contributed by atoms with van der Waals surface area (Å²) in [5, 5.41) is 4.51. The van der Waals surface area contributed by atoms with Gasteiger partial charge in [0.1, 0.15) is 0 Å². The fraction of sp³-hybridized carbons (Fsp3) is 0.364. The second-order valence-electron chi connectivity index (χ2n) is 7.40. The van der Waals surface area contributed by atoms with Gasteiger partial charge in [0, 0.05) is 51.0 Å². The van der Waals surface area contributed by atoms with Crippen molar-refractivity contribution >= 4 is 28.4 Å². The van der Waals surface area contributed by atoms with Crippen molar-refractivity contribution in [3.63, 3.8) is 0 Å². The van der Waals surface area contributed by atoms with E-state index in [1.807, 2.05) is 69.0 Å². The zero-order chi connectivity index (χ0) is 20.1. The van der Waals surface area contributed by atoms with Gasteiger partial charge in [0.25, 0.3) is 0 Å². The number of pyridine rings is 1. The molecule has 0 aliphatic heterocycles. The van der Waals surface area contributed by atoms with Crippen LogP contribution in [0.1, 0.15) is 20.3 Å². The number of fused-ring (bicyclic) bond motifs is 1. The van der Waals surface area contributed by atoms with E-state index in [4.69, 9.17) is 0 Å². The van der Waals surface area contributed by atoms with E-state index in [9.17, 15) is 4.79 Å². The highest BCUT2D eigenvalue weighted by Crippen LogP contribution is 2.22. The van der Waals surface area contributed by atoms with Gasteiger partial charge in [0.05, 0.1) is 11.2 Å². The molecule has 0 aliphatic carbocycles. The first kappa shape index (κ1) is 19.7. The number of para-hydroxylation sites is 1. The third-order valence-corrected chi connectivity index (χ3v) is 4.71. The smallest absolute Gasteiger partial charge is 0.328 e. The van der Waals surface area contributed by atoms with Gasteiger partial charge in [-0.15, -0.1) is 0 Å². The lowest BCUT2D eigenvalue weighted by molar-refractivity contribution is 0.211. The molecule has 2 aromatic heterocycles. The minimum Gasteiger partial charge on any atom is -0.380 e. The first-order valence-corrected chi connectivity index (χ1v) is 9.71. The molecule has 1 N–H and O–H groups in total. The molecule has 1 aromatic carbocycles. The molecule has 0 bridgehead atoms. The predicted molar refractivity (Wildman–Crippen MR) is 116 cm³/mol. The van der Waals surface area contributed by atoms with Gasteiger partial charge in [0.2, 0.25) is 0 Å². The second-order valence-corrected chi connectivity index (χ2v) is 7.40. The van der Waals surface area contributed by atoms with Crippen LogP contribution in [0, 0.1) is 0 Å². The lowest BCUT2D eigenvalue weighted by Crippen LogP contribution is -2.33. The van der Waals surface area contributed by atoms with Crippen molar-refractivity contribution < 1.29 is 4.79 Å². The van der Waals surface area contributed by atoms with Crippen LogP contribution in [0.3, 0.4) is 0 Å². The summed E-state index contributed by atoms with van der Waals surface area (Å²) in [5.41, 5.74) is 1.97. The first-order chi connectivity index (χ1) is 13.5. The highest BCUT2D eigenvalue weighted by Gasteiger charge is 2.14. The van der Waals surface area contributed by atoms with Crippen molar-refractivity contribution in [1.82, 2.24) is 14.5 Å².